The molecule has 1 aliphatic rings. The Bertz CT molecular complexity index is 315. The molecular formula is C13H24N2O3. The van der Waals surface area contributed by atoms with Crippen molar-refractivity contribution in [3.8, 4) is 0 Å². The molecule has 0 aromatic heterocycles. The number of nitrogens with two attached hydrogens (primary N) is 1. The van der Waals surface area contributed by atoms with Crippen LogP contribution >= 0.6 is 0 Å². The van der Waals surface area contributed by atoms with Gasteiger partial charge in [-0.25, -0.2) is 0 Å². The molecule has 104 valence electrons. The van der Waals surface area contributed by atoms with Crippen molar-refractivity contribution in [2.24, 2.45) is 11.7 Å². The summed E-state index contributed by atoms with van der Waals surface area (Å²) in [6.07, 6.45) is 2.76. The first-order valence-electron chi connectivity index (χ1n) is 6.56. The first-order chi connectivity index (χ1) is 8.34. The van der Waals surface area contributed by atoms with Gasteiger partial charge in [-0.15, -0.1) is 0 Å². The van der Waals surface area contributed by atoms with E-state index in [4.69, 9.17) is 10.5 Å². The van der Waals surface area contributed by atoms with E-state index in [1.165, 1.54) is 0 Å². The van der Waals surface area contributed by atoms with Gasteiger partial charge in [-0.3, -0.25) is 9.59 Å². The van der Waals surface area contributed by atoms with E-state index in [-0.39, 0.29) is 24.3 Å². The number of rotatable bonds is 5. The predicted octanol–water partition coefficient (Wildman–Crippen LogP) is 0.962. The van der Waals surface area contributed by atoms with Crippen molar-refractivity contribution in [3.05, 3.63) is 0 Å². The number of nitrogens with one attached hydrogen (secondary N) is 1. The maximum atomic E-state index is 12.1. The largest absolute Gasteiger partial charge is 0.378 e. The van der Waals surface area contributed by atoms with Crippen molar-refractivity contribution < 1.29 is 14.3 Å². The number of hydrogen-bond acceptors (Lipinski definition) is 3. The molecular weight excluding hydrogens is 232 g/mol. The number of amides is 2. The van der Waals surface area contributed by atoms with E-state index < -0.39 is 11.4 Å². The topological polar surface area (TPSA) is 81.4 Å². The van der Waals surface area contributed by atoms with E-state index in [2.05, 4.69) is 12.2 Å². The van der Waals surface area contributed by atoms with E-state index in [1.807, 2.05) is 13.8 Å². The van der Waals surface area contributed by atoms with E-state index in [0.29, 0.717) is 6.61 Å². The number of primary amides is 1. The summed E-state index contributed by atoms with van der Waals surface area (Å²) in [7, 11) is 0. The zero-order chi connectivity index (χ0) is 13.8. The van der Waals surface area contributed by atoms with Crippen LogP contribution in [-0.4, -0.2) is 30.1 Å². The fourth-order valence-corrected chi connectivity index (χ4v) is 2.32. The lowest BCUT2D eigenvalue weighted by molar-refractivity contribution is -0.132. The highest BCUT2D eigenvalue weighted by Crippen LogP contribution is 2.23. The zero-order valence-electron chi connectivity index (χ0n) is 11.5. The molecule has 1 fully saturated rings. The average molecular weight is 256 g/mol. The van der Waals surface area contributed by atoms with Crippen molar-refractivity contribution >= 4 is 11.8 Å². The molecule has 0 aromatic carbocycles. The lowest BCUT2D eigenvalue weighted by atomic mass is 9.91. The minimum absolute atomic E-state index is 0.00278. The third-order valence-corrected chi connectivity index (χ3v) is 3.27. The average Bonchev–Trinajstić information content (AvgIpc) is 2.26. The molecule has 0 radical (unpaired) electrons. The molecule has 0 bridgehead atoms. The molecule has 2 amide bonds. The van der Waals surface area contributed by atoms with Crippen LogP contribution in [0.2, 0.25) is 0 Å². The fourth-order valence-electron chi connectivity index (χ4n) is 2.32. The Morgan fingerprint density at radius 1 is 1.44 bits per heavy atom. The molecule has 0 spiro atoms. The molecule has 0 aromatic rings. The number of carbonyl (C=O) groups excluding carboxylic acids is 2. The van der Waals surface area contributed by atoms with Crippen molar-refractivity contribution in [2.75, 3.05) is 6.61 Å². The van der Waals surface area contributed by atoms with Gasteiger partial charge in [-0.2, -0.15) is 0 Å². The minimum Gasteiger partial charge on any atom is -0.378 e. The van der Waals surface area contributed by atoms with Gasteiger partial charge in [0.05, 0.1) is 6.10 Å². The highest BCUT2D eigenvalue weighted by atomic mass is 16.5. The second kappa shape index (κ2) is 6.18. The summed E-state index contributed by atoms with van der Waals surface area (Å²) < 4.78 is 5.55. The summed E-state index contributed by atoms with van der Waals surface area (Å²) in [5, 5.41) is 2.91. The predicted molar refractivity (Wildman–Crippen MR) is 68.8 cm³/mol. The molecule has 1 rings (SSSR count). The normalized spacial score (nSPS) is 24.6. The highest BCUT2D eigenvalue weighted by Gasteiger charge is 2.31. The quantitative estimate of drug-likeness (QED) is 0.768. The van der Waals surface area contributed by atoms with Crippen LogP contribution in [0.25, 0.3) is 0 Å². The van der Waals surface area contributed by atoms with Crippen molar-refractivity contribution in [2.45, 2.75) is 58.1 Å². The second-order valence-corrected chi connectivity index (χ2v) is 5.64. The maximum Gasteiger partial charge on any atom is 0.223 e. The Morgan fingerprint density at radius 3 is 2.67 bits per heavy atom. The summed E-state index contributed by atoms with van der Waals surface area (Å²) in [4.78, 5) is 23.1. The molecule has 1 heterocycles. The van der Waals surface area contributed by atoms with Crippen molar-refractivity contribution in [1.82, 2.24) is 5.32 Å². The van der Waals surface area contributed by atoms with Crippen LogP contribution < -0.4 is 11.1 Å². The Hall–Kier alpha value is -1.10. The second-order valence-electron chi connectivity index (χ2n) is 5.64. The van der Waals surface area contributed by atoms with Crippen LogP contribution in [0.3, 0.4) is 0 Å². The summed E-state index contributed by atoms with van der Waals surface area (Å²) in [5.74, 6) is -0.419. The van der Waals surface area contributed by atoms with Gasteiger partial charge < -0.3 is 15.8 Å². The Balaban J connectivity index is 2.51. The van der Waals surface area contributed by atoms with Gasteiger partial charge in [-0.1, -0.05) is 6.92 Å². The lowest BCUT2D eigenvalue weighted by Gasteiger charge is -2.32. The van der Waals surface area contributed by atoms with E-state index >= 15 is 0 Å². The van der Waals surface area contributed by atoms with Crippen LogP contribution in [-0.2, 0) is 14.3 Å². The minimum atomic E-state index is -0.580. The van der Waals surface area contributed by atoms with Gasteiger partial charge in [0.15, 0.2) is 0 Å². The van der Waals surface area contributed by atoms with Gasteiger partial charge in [0, 0.05) is 24.5 Å². The summed E-state index contributed by atoms with van der Waals surface area (Å²) in [6.45, 7) is 6.31. The molecule has 0 saturated carbocycles. The first kappa shape index (κ1) is 15.0. The summed E-state index contributed by atoms with van der Waals surface area (Å²) in [5.41, 5.74) is 4.59. The van der Waals surface area contributed by atoms with Crippen LogP contribution in [0.1, 0.15) is 46.5 Å². The maximum absolute atomic E-state index is 12.1. The van der Waals surface area contributed by atoms with Gasteiger partial charge in [0.25, 0.3) is 0 Å². The zero-order valence-corrected chi connectivity index (χ0v) is 11.5. The molecule has 0 aliphatic carbocycles. The molecule has 5 nitrogen and oxygen atoms in total. The van der Waals surface area contributed by atoms with Gasteiger partial charge in [-0.05, 0) is 33.1 Å². The van der Waals surface area contributed by atoms with Crippen LogP contribution in [0.15, 0.2) is 0 Å². The smallest absolute Gasteiger partial charge is 0.223 e. The first-order valence-corrected chi connectivity index (χ1v) is 6.56. The summed E-state index contributed by atoms with van der Waals surface area (Å²) >= 11 is 0. The van der Waals surface area contributed by atoms with Gasteiger partial charge in [0.1, 0.15) is 0 Å². The summed E-state index contributed by atoms with van der Waals surface area (Å²) in [6, 6.07) is 0. The van der Waals surface area contributed by atoms with E-state index in [1.54, 1.807) is 0 Å². The molecule has 2 atom stereocenters. The number of carbonyl (C=O) groups is 2. The molecule has 18 heavy (non-hydrogen) atoms. The van der Waals surface area contributed by atoms with Crippen LogP contribution in [0.4, 0.5) is 0 Å². The Kier molecular flexibility index (Phi) is 5.14. The van der Waals surface area contributed by atoms with Crippen molar-refractivity contribution in [1.29, 1.82) is 0 Å². The van der Waals surface area contributed by atoms with Crippen LogP contribution in [0, 0.1) is 5.92 Å². The number of hydrogen-bond donors (Lipinski definition) is 2. The third kappa shape index (κ3) is 4.64. The molecule has 3 N–H and O–H groups in total. The SMILES string of the molecule is CCC1CC(C(=O)NC(C)(C)CC(N)=O)CCO1. The molecule has 2 unspecified atom stereocenters. The highest BCUT2D eigenvalue weighted by molar-refractivity contribution is 5.81. The molecule has 1 saturated heterocycles. The molecule has 5 heteroatoms. The van der Waals surface area contributed by atoms with Crippen molar-refractivity contribution in [3.63, 3.8) is 0 Å². The lowest BCUT2D eigenvalue weighted by Crippen LogP contribution is -2.49. The third-order valence-electron chi connectivity index (χ3n) is 3.27. The standard InChI is InChI=1S/C13H24N2O3/c1-4-10-7-9(5-6-18-10)12(17)15-13(2,3)8-11(14)16/h9-10H,4-8H2,1-3H3,(H2,14,16)(H,15,17). The fraction of sp³-hybridized carbons (Fsp3) is 0.846. The Labute approximate surface area is 108 Å². The monoisotopic (exact) mass is 256 g/mol. The Morgan fingerprint density at radius 2 is 2.11 bits per heavy atom. The van der Waals surface area contributed by atoms with E-state index in [9.17, 15) is 9.59 Å². The van der Waals surface area contributed by atoms with Gasteiger partial charge in [0.2, 0.25) is 11.8 Å². The van der Waals surface area contributed by atoms with Gasteiger partial charge >= 0.3 is 0 Å². The van der Waals surface area contributed by atoms with E-state index in [0.717, 1.165) is 19.3 Å². The molecule has 1 aliphatic heterocycles. The number of ether oxygens (including phenoxy) is 1. The van der Waals surface area contributed by atoms with Crippen LogP contribution in [0.5, 0.6) is 0 Å².